The van der Waals surface area contributed by atoms with Gasteiger partial charge in [-0.1, -0.05) is 0 Å². The van der Waals surface area contributed by atoms with E-state index in [1.54, 1.807) is 19.2 Å². The fourth-order valence-electron chi connectivity index (χ4n) is 2.26. The molecule has 0 unspecified atom stereocenters. The van der Waals surface area contributed by atoms with Crippen LogP contribution < -0.4 is 10.1 Å². The lowest BCUT2D eigenvalue weighted by molar-refractivity contribution is -0.116. The molecule has 0 aliphatic carbocycles. The SMILES string of the molecule is COc1ccc(-c2csc(NC(=O)CN(C)C(=O)c3ccco3)n2)cc1. The van der Waals surface area contributed by atoms with E-state index in [0.717, 1.165) is 17.0 Å². The second-order valence-electron chi connectivity index (χ2n) is 5.45. The topological polar surface area (TPSA) is 84.7 Å². The van der Waals surface area contributed by atoms with Crippen LogP contribution in [-0.2, 0) is 4.79 Å². The third-order valence-electron chi connectivity index (χ3n) is 3.60. The fourth-order valence-corrected chi connectivity index (χ4v) is 3.00. The minimum absolute atomic E-state index is 0.100. The number of thiazole rings is 1. The molecule has 0 bridgehead atoms. The van der Waals surface area contributed by atoms with Crippen LogP contribution in [0, 0.1) is 0 Å². The molecule has 8 heteroatoms. The van der Waals surface area contributed by atoms with Gasteiger partial charge in [0.05, 0.1) is 19.1 Å². The standard InChI is InChI=1S/C18H17N3O4S/c1-21(17(23)15-4-3-9-25-15)10-16(22)20-18-19-14(11-26-18)12-5-7-13(24-2)8-6-12/h3-9,11H,10H2,1-2H3,(H,19,20,22). The zero-order valence-electron chi connectivity index (χ0n) is 14.3. The average Bonchev–Trinajstić information content (AvgIpc) is 3.33. The van der Waals surface area contributed by atoms with E-state index in [-0.39, 0.29) is 24.1 Å². The summed E-state index contributed by atoms with van der Waals surface area (Å²) in [6.45, 7) is -0.100. The molecule has 0 saturated carbocycles. The number of carbonyl (C=O) groups excluding carboxylic acids is 2. The van der Waals surface area contributed by atoms with E-state index in [4.69, 9.17) is 9.15 Å². The number of carbonyl (C=O) groups is 2. The minimum Gasteiger partial charge on any atom is -0.497 e. The second kappa shape index (κ2) is 7.83. The lowest BCUT2D eigenvalue weighted by Gasteiger charge is -2.14. The predicted octanol–water partition coefficient (Wildman–Crippen LogP) is 3.12. The van der Waals surface area contributed by atoms with Crippen molar-refractivity contribution in [2.24, 2.45) is 0 Å². The number of likely N-dealkylation sites (N-methyl/N-ethyl adjacent to an activating group) is 1. The van der Waals surface area contributed by atoms with Crippen molar-refractivity contribution in [3.63, 3.8) is 0 Å². The number of anilines is 1. The van der Waals surface area contributed by atoms with Gasteiger partial charge in [-0.3, -0.25) is 9.59 Å². The van der Waals surface area contributed by atoms with Gasteiger partial charge in [0.25, 0.3) is 5.91 Å². The van der Waals surface area contributed by atoms with Crippen LogP contribution in [0.1, 0.15) is 10.6 Å². The van der Waals surface area contributed by atoms with Gasteiger partial charge in [0.1, 0.15) is 12.3 Å². The van der Waals surface area contributed by atoms with Gasteiger partial charge < -0.3 is 19.4 Å². The van der Waals surface area contributed by atoms with Crippen LogP contribution in [0.25, 0.3) is 11.3 Å². The van der Waals surface area contributed by atoms with Crippen LogP contribution in [-0.4, -0.2) is 42.4 Å². The van der Waals surface area contributed by atoms with Gasteiger partial charge in [-0.15, -0.1) is 11.3 Å². The van der Waals surface area contributed by atoms with Crippen LogP contribution in [0.15, 0.2) is 52.5 Å². The molecular weight excluding hydrogens is 354 g/mol. The molecule has 0 atom stereocenters. The fraction of sp³-hybridized carbons (Fsp3) is 0.167. The first-order chi connectivity index (χ1) is 12.6. The molecule has 0 aliphatic rings. The highest BCUT2D eigenvalue weighted by atomic mass is 32.1. The Morgan fingerprint density at radius 3 is 2.69 bits per heavy atom. The Kier molecular flexibility index (Phi) is 5.33. The van der Waals surface area contributed by atoms with Gasteiger partial charge in [0.15, 0.2) is 10.9 Å². The maximum atomic E-state index is 12.1. The highest BCUT2D eigenvalue weighted by Gasteiger charge is 2.18. The van der Waals surface area contributed by atoms with Gasteiger partial charge in [0, 0.05) is 18.0 Å². The molecule has 2 heterocycles. The average molecular weight is 371 g/mol. The molecule has 134 valence electrons. The van der Waals surface area contributed by atoms with Gasteiger partial charge in [-0.25, -0.2) is 4.98 Å². The number of hydrogen-bond acceptors (Lipinski definition) is 6. The van der Waals surface area contributed by atoms with E-state index in [9.17, 15) is 9.59 Å². The first-order valence-electron chi connectivity index (χ1n) is 7.75. The normalized spacial score (nSPS) is 10.4. The van der Waals surface area contributed by atoms with Crippen LogP contribution in [0.5, 0.6) is 5.75 Å². The molecular formula is C18H17N3O4S. The summed E-state index contributed by atoms with van der Waals surface area (Å²) in [5.74, 6) is 0.268. The molecule has 3 rings (SSSR count). The third kappa shape index (κ3) is 4.09. The van der Waals surface area contributed by atoms with Crippen molar-refractivity contribution in [3.8, 4) is 17.0 Å². The summed E-state index contributed by atoms with van der Waals surface area (Å²) in [5.41, 5.74) is 1.68. The number of nitrogens with zero attached hydrogens (tertiary/aromatic N) is 2. The molecule has 26 heavy (non-hydrogen) atoms. The molecule has 7 nitrogen and oxygen atoms in total. The number of ether oxygens (including phenoxy) is 1. The van der Waals surface area contributed by atoms with E-state index in [1.807, 2.05) is 29.6 Å². The van der Waals surface area contributed by atoms with E-state index < -0.39 is 0 Å². The van der Waals surface area contributed by atoms with Crippen molar-refractivity contribution < 1.29 is 18.7 Å². The monoisotopic (exact) mass is 371 g/mol. The maximum Gasteiger partial charge on any atom is 0.289 e. The Hall–Kier alpha value is -3.13. The Labute approximate surface area is 154 Å². The molecule has 0 saturated heterocycles. The lowest BCUT2D eigenvalue weighted by Crippen LogP contribution is -2.34. The smallest absolute Gasteiger partial charge is 0.289 e. The molecule has 2 aromatic heterocycles. The summed E-state index contributed by atoms with van der Waals surface area (Å²) < 4.78 is 10.2. The predicted molar refractivity (Wildman–Crippen MR) is 98.4 cm³/mol. The van der Waals surface area contributed by atoms with Crippen LogP contribution in [0.3, 0.4) is 0 Å². The molecule has 1 N–H and O–H groups in total. The van der Waals surface area contributed by atoms with Crippen LogP contribution >= 0.6 is 11.3 Å². The van der Waals surface area contributed by atoms with Crippen molar-refractivity contribution in [1.82, 2.24) is 9.88 Å². The number of furan rings is 1. The Bertz CT molecular complexity index is 888. The van der Waals surface area contributed by atoms with Gasteiger partial charge in [0.2, 0.25) is 5.91 Å². The highest BCUT2D eigenvalue weighted by Crippen LogP contribution is 2.26. The van der Waals surface area contributed by atoms with Crippen molar-refractivity contribution in [3.05, 3.63) is 53.8 Å². The Balaban J connectivity index is 1.59. The molecule has 2 amide bonds. The summed E-state index contributed by atoms with van der Waals surface area (Å²) in [4.78, 5) is 29.9. The molecule has 0 aliphatic heterocycles. The first-order valence-corrected chi connectivity index (χ1v) is 8.63. The number of aromatic nitrogens is 1. The van der Waals surface area contributed by atoms with E-state index in [1.165, 1.54) is 29.5 Å². The van der Waals surface area contributed by atoms with Gasteiger partial charge in [-0.2, -0.15) is 0 Å². The number of nitrogens with one attached hydrogen (secondary N) is 1. The lowest BCUT2D eigenvalue weighted by atomic mass is 10.2. The zero-order valence-corrected chi connectivity index (χ0v) is 15.1. The summed E-state index contributed by atoms with van der Waals surface area (Å²) in [7, 11) is 3.15. The Morgan fingerprint density at radius 1 is 1.27 bits per heavy atom. The molecule has 0 radical (unpaired) electrons. The van der Waals surface area contributed by atoms with Crippen LogP contribution in [0.2, 0.25) is 0 Å². The molecule has 3 aromatic rings. The van der Waals surface area contributed by atoms with Crippen molar-refractivity contribution >= 4 is 28.3 Å². The summed E-state index contributed by atoms with van der Waals surface area (Å²) in [6.07, 6.45) is 1.41. The van der Waals surface area contributed by atoms with Crippen LogP contribution in [0.4, 0.5) is 5.13 Å². The van der Waals surface area contributed by atoms with Gasteiger partial charge >= 0.3 is 0 Å². The number of methoxy groups -OCH3 is 1. The van der Waals surface area contributed by atoms with Crippen molar-refractivity contribution in [2.45, 2.75) is 0 Å². The maximum absolute atomic E-state index is 12.1. The third-order valence-corrected chi connectivity index (χ3v) is 4.35. The van der Waals surface area contributed by atoms with E-state index in [2.05, 4.69) is 10.3 Å². The summed E-state index contributed by atoms with van der Waals surface area (Å²) in [5, 5.41) is 5.03. The Morgan fingerprint density at radius 2 is 2.04 bits per heavy atom. The summed E-state index contributed by atoms with van der Waals surface area (Å²) >= 11 is 1.32. The largest absolute Gasteiger partial charge is 0.497 e. The zero-order chi connectivity index (χ0) is 18.5. The van der Waals surface area contributed by atoms with Crippen molar-refractivity contribution in [1.29, 1.82) is 0 Å². The number of benzene rings is 1. The number of rotatable bonds is 6. The minimum atomic E-state index is -0.358. The second-order valence-corrected chi connectivity index (χ2v) is 6.31. The van der Waals surface area contributed by atoms with Crippen molar-refractivity contribution in [2.75, 3.05) is 26.0 Å². The quantitative estimate of drug-likeness (QED) is 0.720. The highest BCUT2D eigenvalue weighted by molar-refractivity contribution is 7.14. The van der Waals surface area contributed by atoms with E-state index in [0.29, 0.717) is 5.13 Å². The summed E-state index contributed by atoms with van der Waals surface area (Å²) in [6, 6.07) is 10.7. The number of hydrogen-bond donors (Lipinski definition) is 1. The molecule has 1 aromatic carbocycles. The van der Waals surface area contributed by atoms with E-state index >= 15 is 0 Å². The van der Waals surface area contributed by atoms with Gasteiger partial charge in [-0.05, 0) is 36.4 Å². The number of amides is 2. The molecule has 0 fully saturated rings. The first kappa shape index (κ1) is 17.7. The molecule has 0 spiro atoms.